The number of carbonyl (C=O) groups is 2. The molecule has 0 saturated heterocycles. The van der Waals surface area contributed by atoms with Crippen molar-refractivity contribution in [3.8, 4) is 0 Å². The summed E-state index contributed by atoms with van der Waals surface area (Å²) in [7, 11) is 0. The van der Waals surface area contributed by atoms with Crippen molar-refractivity contribution in [2.24, 2.45) is 0 Å². The minimum Gasteiger partial charge on any atom is -0.278 e. The molecule has 0 radical (unpaired) electrons. The van der Waals surface area contributed by atoms with Gasteiger partial charge < -0.3 is 0 Å². The molecule has 4 nitrogen and oxygen atoms in total. The normalized spacial score (nSPS) is 14.1. The molecule has 64 valence electrons. The third kappa shape index (κ3) is 1.33. The number of hydrogen-bond donors (Lipinski definition) is 1. The van der Waals surface area contributed by atoms with Crippen LogP contribution in [0.2, 0.25) is 0 Å². The maximum atomic E-state index is 11.1. The maximum absolute atomic E-state index is 11.1. The maximum Gasteiger partial charge on any atom is 0.285 e. The summed E-state index contributed by atoms with van der Waals surface area (Å²) in [5.41, 5.74) is 0.509. The topological polar surface area (TPSA) is 57.6 Å². The molecule has 0 aliphatic carbocycles. The number of nitrogens with zero attached hydrogens (tertiary/aromatic N) is 1. The van der Waals surface area contributed by atoms with Crippen molar-refractivity contribution in [2.75, 3.05) is 0 Å². The molecule has 13 heavy (non-hydrogen) atoms. The smallest absolute Gasteiger partial charge is 0.278 e. The average Bonchev–Trinajstić information content (AvgIpc) is 2.33. The van der Waals surface area contributed by atoms with Gasteiger partial charge >= 0.3 is 0 Å². The molecule has 0 atom stereocenters. The standard InChI is InChI=1S/C8H5NO3.Ti/c10-7-5-3-1-2-4-6(5)8(11)9(7)12;/h1-4,12H;. The second kappa shape index (κ2) is 3.42. The molecule has 1 aromatic carbocycles. The van der Waals surface area contributed by atoms with Gasteiger partial charge in [0.25, 0.3) is 11.8 Å². The minimum atomic E-state index is -0.657. The van der Waals surface area contributed by atoms with Crippen LogP contribution in [0.4, 0.5) is 0 Å². The Morgan fingerprint density at radius 2 is 1.38 bits per heavy atom. The van der Waals surface area contributed by atoms with Crippen molar-refractivity contribution in [3.63, 3.8) is 0 Å². The van der Waals surface area contributed by atoms with Gasteiger partial charge in [0.15, 0.2) is 0 Å². The van der Waals surface area contributed by atoms with E-state index in [4.69, 9.17) is 5.21 Å². The van der Waals surface area contributed by atoms with E-state index in [0.29, 0.717) is 0 Å². The Balaban J connectivity index is 0.000000845. The number of imide groups is 1. The van der Waals surface area contributed by atoms with E-state index in [1.807, 2.05) is 0 Å². The number of amides is 2. The zero-order valence-electron chi connectivity index (χ0n) is 6.52. The fraction of sp³-hybridized carbons (Fsp3) is 0. The summed E-state index contributed by atoms with van der Waals surface area (Å²) in [5, 5.41) is 9.05. The predicted molar refractivity (Wildman–Crippen MR) is 38.7 cm³/mol. The first kappa shape index (κ1) is 10.1. The number of fused-ring (bicyclic) bond motifs is 1. The van der Waals surface area contributed by atoms with Crippen LogP contribution in [0.3, 0.4) is 0 Å². The van der Waals surface area contributed by atoms with E-state index < -0.39 is 11.8 Å². The molecule has 0 saturated carbocycles. The van der Waals surface area contributed by atoms with Crippen molar-refractivity contribution < 1.29 is 36.5 Å². The number of hydroxylamine groups is 2. The Bertz CT molecular complexity index is 342. The summed E-state index contributed by atoms with van der Waals surface area (Å²) >= 11 is 0. The number of carbonyl (C=O) groups excluding carboxylic acids is 2. The summed E-state index contributed by atoms with van der Waals surface area (Å²) in [5.74, 6) is -1.31. The van der Waals surface area contributed by atoms with Crippen LogP contribution >= 0.6 is 0 Å². The summed E-state index contributed by atoms with van der Waals surface area (Å²) < 4.78 is 0. The van der Waals surface area contributed by atoms with E-state index in [2.05, 4.69) is 0 Å². The molecule has 1 aliphatic rings. The monoisotopic (exact) mass is 211 g/mol. The van der Waals surface area contributed by atoms with Gasteiger partial charge in [-0.2, -0.15) is 0 Å². The predicted octanol–water partition coefficient (Wildman–Crippen LogP) is 0.669. The van der Waals surface area contributed by atoms with Crippen molar-refractivity contribution in [2.45, 2.75) is 0 Å². The van der Waals surface area contributed by atoms with E-state index in [-0.39, 0.29) is 37.9 Å². The van der Waals surface area contributed by atoms with Crippen LogP contribution in [-0.2, 0) is 21.7 Å². The molecule has 1 aliphatic heterocycles. The van der Waals surface area contributed by atoms with Crippen LogP contribution in [0.5, 0.6) is 0 Å². The first-order valence-electron chi connectivity index (χ1n) is 3.38. The van der Waals surface area contributed by atoms with E-state index in [0.717, 1.165) is 0 Å². The summed E-state index contributed by atoms with van der Waals surface area (Å²) in [6.45, 7) is 0. The van der Waals surface area contributed by atoms with Gasteiger partial charge in [-0.25, -0.2) is 0 Å². The first-order valence-corrected chi connectivity index (χ1v) is 3.38. The summed E-state index contributed by atoms with van der Waals surface area (Å²) in [6, 6.07) is 6.30. The van der Waals surface area contributed by atoms with Crippen molar-refractivity contribution >= 4 is 11.8 Å². The largest absolute Gasteiger partial charge is 0.285 e. The van der Waals surface area contributed by atoms with Gasteiger partial charge in [-0.1, -0.05) is 12.1 Å². The average molecular weight is 211 g/mol. The number of benzene rings is 1. The fourth-order valence-corrected chi connectivity index (χ4v) is 1.18. The van der Waals surface area contributed by atoms with E-state index in [1.165, 1.54) is 12.1 Å². The van der Waals surface area contributed by atoms with Crippen LogP contribution in [-0.4, -0.2) is 22.1 Å². The first-order chi connectivity index (χ1) is 5.72. The molecule has 1 N–H and O–H groups in total. The van der Waals surface area contributed by atoms with Gasteiger partial charge in [0.1, 0.15) is 0 Å². The Labute approximate surface area is 89.0 Å². The molecule has 5 heteroatoms. The van der Waals surface area contributed by atoms with Gasteiger partial charge in [-0.15, -0.1) is 5.06 Å². The molecular weight excluding hydrogens is 206 g/mol. The van der Waals surface area contributed by atoms with E-state index in [1.54, 1.807) is 12.1 Å². The van der Waals surface area contributed by atoms with Crippen molar-refractivity contribution in [1.82, 2.24) is 5.06 Å². The van der Waals surface area contributed by atoms with E-state index in [9.17, 15) is 9.59 Å². The Morgan fingerprint density at radius 3 is 1.77 bits per heavy atom. The molecule has 0 bridgehead atoms. The second-order valence-corrected chi connectivity index (χ2v) is 2.47. The fourth-order valence-electron chi connectivity index (χ4n) is 1.18. The summed E-state index contributed by atoms with van der Waals surface area (Å²) in [4.78, 5) is 22.1. The molecule has 2 rings (SSSR count). The number of hydrogen-bond acceptors (Lipinski definition) is 3. The third-order valence-electron chi connectivity index (χ3n) is 1.77. The molecule has 2 amide bonds. The zero-order chi connectivity index (χ0) is 8.72. The SMILES string of the molecule is O=C1c2ccccc2C(=O)N1O.[Ti]. The van der Waals surface area contributed by atoms with Gasteiger partial charge in [-0.3, -0.25) is 14.8 Å². The molecule has 0 fully saturated rings. The number of rotatable bonds is 0. The molecule has 0 aromatic heterocycles. The molecule has 0 spiro atoms. The minimum absolute atomic E-state index is 0. The quantitative estimate of drug-likeness (QED) is 0.389. The van der Waals surface area contributed by atoms with Crippen LogP contribution in [0, 0.1) is 0 Å². The second-order valence-electron chi connectivity index (χ2n) is 2.47. The molecular formula is C8H5NO3Ti. The van der Waals surface area contributed by atoms with Crippen molar-refractivity contribution in [3.05, 3.63) is 35.4 Å². The summed E-state index contributed by atoms with van der Waals surface area (Å²) in [6.07, 6.45) is 0. The molecule has 1 heterocycles. The van der Waals surface area contributed by atoms with Crippen LogP contribution in [0.25, 0.3) is 0 Å². The van der Waals surface area contributed by atoms with Crippen molar-refractivity contribution in [1.29, 1.82) is 0 Å². The van der Waals surface area contributed by atoms with Crippen LogP contribution in [0.15, 0.2) is 24.3 Å². The van der Waals surface area contributed by atoms with Gasteiger partial charge in [-0.05, 0) is 12.1 Å². The Kier molecular flexibility index (Phi) is 2.66. The Morgan fingerprint density at radius 1 is 1.00 bits per heavy atom. The molecule has 0 unspecified atom stereocenters. The van der Waals surface area contributed by atoms with E-state index >= 15 is 0 Å². The molecule has 1 aromatic rings. The van der Waals surface area contributed by atoms with Gasteiger partial charge in [0.2, 0.25) is 0 Å². The van der Waals surface area contributed by atoms with Crippen LogP contribution < -0.4 is 0 Å². The Hall–Kier alpha value is -0.966. The van der Waals surface area contributed by atoms with Gasteiger partial charge in [0.05, 0.1) is 11.1 Å². The van der Waals surface area contributed by atoms with Gasteiger partial charge in [0, 0.05) is 21.7 Å². The van der Waals surface area contributed by atoms with Crippen LogP contribution in [0.1, 0.15) is 20.7 Å². The third-order valence-corrected chi connectivity index (χ3v) is 1.77. The zero-order valence-corrected chi connectivity index (χ0v) is 8.08.